The van der Waals surface area contributed by atoms with E-state index in [4.69, 9.17) is 4.74 Å². The summed E-state index contributed by atoms with van der Waals surface area (Å²) in [7, 11) is 1.90. The van der Waals surface area contributed by atoms with E-state index in [9.17, 15) is 4.79 Å². The van der Waals surface area contributed by atoms with Crippen LogP contribution in [-0.2, 0) is 9.53 Å². The molecule has 3 aliphatic carbocycles. The van der Waals surface area contributed by atoms with Crippen LogP contribution in [0.4, 0.5) is 0 Å². The Balaban J connectivity index is 0.00000192. The first-order valence-electron chi connectivity index (χ1n) is 10.8. The molecular formula is C20H34IN5O2. The number of ether oxygens (including phenoxy) is 1. The number of hydrogen-bond acceptors (Lipinski definition) is 4. The minimum Gasteiger partial charge on any atom is -0.377 e. The van der Waals surface area contributed by atoms with E-state index < -0.39 is 0 Å². The fraction of sp³-hybridized carbons (Fsp3) is 0.900. The summed E-state index contributed by atoms with van der Waals surface area (Å²) in [5, 5.41) is 6.91. The fourth-order valence-corrected chi connectivity index (χ4v) is 5.71. The van der Waals surface area contributed by atoms with Crippen molar-refractivity contribution in [2.75, 3.05) is 46.4 Å². The predicted octanol–water partition coefficient (Wildman–Crippen LogP) is 1.03. The second kappa shape index (κ2) is 8.26. The van der Waals surface area contributed by atoms with Crippen molar-refractivity contribution >= 4 is 35.8 Å². The van der Waals surface area contributed by atoms with Crippen LogP contribution in [0.5, 0.6) is 0 Å². The maximum Gasteiger partial charge on any atom is 0.234 e. The van der Waals surface area contributed by atoms with Crippen molar-refractivity contribution in [3.8, 4) is 0 Å². The molecule has 5 rings (SSSR count). The topological polar surface area (TPSA) is 69.2 Å². The fourth-order valence-electron chi connectivity index (χ4n) is 5.71. The molecule has 7 nitrogen and oxygen atoms in total. The Morgan fingerprint density at radius 3 is 2.50 bits per heavy atom. The van der Waals surface area contributed by atoms with Crippen LogP contribution in [0.25, 0.3) is 0 Å². The Morgan fingerprint density at radius 2 is 1.89 bits per heavy atom. The molecule has 0 aromatic rings. The highest BCUT2D eigenvalue weighted by atomic mass is 127. The molecule has 8 heteroatoms. The number of nitrogens with zero attached hydrogens (tertiary/aromatic N) is 3. The molecule has 0 aromatic carbocycles. The van der Waals surface area contributed by atoms with Crippen molar-refractivity contribution in [2.24, 2.45) is 16.3 Å². The third-order valence-electron chi connectivity index (χ3n) is 7.51. The van der Waals surface area contributed by atoms with Crippen LogP contribution in [0.15, 0.2) is 4.99 Å². The van der Waals surface area contributed by atoms with Gasteiger partial charge in [-0.3, -0.25) is 14.7 Å². The SMILES string of the molecule is CN=C(NC1C2CCOC2C12CCC2)N1CCN(CC(=O)NC2CC2)CC1.I. The van der Waals surface area contributed by atoms with E-state index >= 15 is 0 Å². The maximum absolute atomic E-state index is 12.0. The van der Waals surface area contributed by atoms with Crippen molar-refractivity contribution < 1.29 is 9.53 Å². The first-order chi connectivity index (χ1) is 13.2. The van der Waals surface area contributed by atoms with Gasteiger partial charge in [0.05, 0.1) is 12.6 Å². The molecule has 0 aromatic heterocycles. The number of hydrogen-bond donors (Lipinski definition) is 2. The number of aliphatic imine (C=N–C) groups is 1. The number of amides is 1. The second-order valence-corrected chi connectivity index (χ2v) is 9.10. The van der Waals surface area contributed by atoms with Gasteiger partial charge in [0.25, 0.3) is 0 Å². The van der Waals surface area contributed by atoms with Gasteiger partial charge in [-0.05, 0) is 32.1 Å². The number of piperazine rings is 1. The van der Waals surface area contributed by atoms with Crippen molar-refractivity contribution in [2.45, 2.75) is 56.7 Å². The summed E-state index contributed by atoms with van der Waals surface area (Å²) < 4.78 is 6.05. The van der Waals surface area contributed by atoms with Crippen molar-refractivity contribution in [3.05, 3.63) is 0 Å². The summed E-state index contributed by atoms with van der Waals surface area (Å²) in [5.41, 5.74) is 0.375. The van der Waals surface area contributed by atoms with Crippen molar-refractivity contribution in [3.63, 3.8) is 0 Å². The first-order valence-corrected chi connectivity index (χ1v) is 10.8. The van der Waals surface area contributed by atoms with Gasteiger partial charge >= 0.3 is 0 Å². The molecule has 1 spiro atoms. The molecule has 2 N–H and O–H groups in total. The lowest BCUT2D eigenvalue weighted by atomic mass is 9.46. The summed E-state index contributed by atoms with van der Waals surface area (Å²) >= 11 is 0. The highest BCUT2D eigenvalue weighted by Gasteiger charge is 2.66. The van der Waals surface area contributed by atoms with Gasteiger partial charge in [-0.1, -0.05) is 6.42 Å². The van der Waals surface area contributed by atoms with E-state index in [0.29, 0.717) is 36.1 Å². The van der Waals surface area contributed by atoms with Crippen LogP contribution in [0, 0.1) is 11.3 Å². The van der Waals surface area contributed by atoms with Gasteiger partial charge in [0.2, 0.25) is 5.91 Å². The van der Waals surface area contributed by atoms with Crippen LogP contribution in [0.3, 0.4) is 0 Å². The number of nitrogens with one attached hydrogen (secondary N) is 2. The summed E-state index contributed by atoms with van der Waals surface area (Å²) in [5.74, 6) is 1.88. The standard InChI is InChI=1S/C20H33N5O2.HI/c1-21-19(23-17-15-5-12-27-18(15)20(17)6-2-7-20)25-10-8-24(9-11-25)13-16(26)22-14-3-4-14;/h14-15,17-18H,2-13H2,1H3,(H,21,23)(H,22,26);1H. The van der Waals surface area contributed by atoms with Gasteiger partial charge in [-0.15, -0.1) is 24.0 Å². The van der Waals surface area contributed by atoms with Crippen LogP contribution < -0.4 is 10.6 Å². The zero-order valence-corrected chi connectivity index (χ0v) is 19.2. The number of carbonyl (C=O) groups excluding carboxylic acids is 1. The van der Waals surface area contributed by atoms with E-state index in [1.54, 1.807) is 0 Å². The number of halogens is 1. The molecule has 28 heavy (non-hydrogen) atoms. The smallest absolute Gasteiger partial charge is 0.234 e. The Labute approximate surface area is 185 Å². The molecule has 3 saturated carbocycles. The summed E-state index contributed by atoms with van der Waals surface area (Å²) in [6.07, 6.45) is 7.91. The molecule has 3 unspecified atom stereocenters. The van der Waals surface area contributed by atoms with E-state index in [1.807, 2.05) is 7.05 Å². The molecule has 3 atom stereocenters. The average Bonchev–Trinajstić information content (AvgIpc) is 3.33. The molecular weight excluding hydrogens is 469 g/mol. The van der Waals surface area contributed by atoms with Gasteiger partial charge in [-0.2, -0.15) is 0 Å². The van der Waals surface area contributed by atoms with E-state index in [1.165, 1.54) is 25.7 Å². The van der Waals surface area contributed by atoms with Crippen molar-refractivity contribution in [1.29, 1.82) is 0 Å². The van der Waals surface area contributed by atoms with E-state index in [2.05, 4.69) is 25.4 Å². The Bertz CT molecular complexity index is 614. The van der Waals surface area contributed by atoms with Crippen LogP contribution in [0.2, 0.25) is 0 Å². The molecule has 0 radical (unpaired) electrons. The average molecular weight is 503 g/mol. The lowest BCUT2D eigenvalue weighted by molar-refractivity contribution is -0.171. The first kappa shape index (κ1) is 20.7. The summed E-state index contributed by atoms with van der Waals surface area (Å²) in [6, 6.07) is 0.978. The van der Waals surface area contributed by atoms with Gasteiger partial charge in [-0.25, -0.2) is 0 Å². The molecule has 0 bridgehead atoms. The van der Waals surface area contributed by atoms with Crippen LogP contribution in [0.1, 0.15) is 38.5 Å². The third kappa shape index (κ3) is 3.64. The predicted molar refractivity (Wildman–Crippen MR) is 119 cm³/mol. The molecule has 2 heterocycles. The van der Waals surface area contributed by atoms with Crippen LogP contribution in [-0.4, -0.2) is 86.2 Å². The minimum absolute atomic E-state index is 0. The van der Waals surface area contributed by atoms with Crippen LogP contribution >= 0.6 is 24.0 Å². The monoisotopic (exact) mass is 503 g/mol. The van der Waals surface area contributed by atoms with Gasteiger partial charge in [0.1, 0.15) is 0 Å². The highest BCUT2D eigenvalue weighted by molar-refractivity contribution is 14.0. The quantitative estimate of drug-likeness (QED) is 0.341. The van der Waals surface area contributed by atoms with Gasteiger partial charge in [0.15, 0.2) is 5.96 Å². The molecule has 2 saturated heterocycles. The molecule has 5 aliphatic rings. The largest absolute Gasteiger partial charge is 0.377 e. The number of fused-ring (bicyclic) bond motifs is 2. The van der Waals surface area contributed by atoms with Gasteiger partial charge < -0.3 is 20.3 Å². The number of rotatable bonds is 4. The zero-order valence-electron chi connectivity index (χ0n) is 16.9. The normalized spacial score (nSPS) is 34.1. The van der Waals surface area contributed by atoms with E-state index in [0.717, 1.165) is 51.6 Å². The second-order valence-electron chi connectivity index (χ2n) is 9.10. The van der Waals surface area contributed by atoms with E-state index in [-0.39, 0.29) is 29.9 Å². The number of carbonyl (C=O) groups is 1. The Morgan fingerprint density at radius 1 is 1.14 bits per heavy atom. The highest BCUT2D eigenvalue weighted by Crippen LogP contribution is 2.62. The summed E-state index contributed by atoms with van der Waals surface area (Å²) in [4.78, 5) is 21.3. The minimum atomic E-state index is 0. The van der Waals surface area contributed by atoms with Crippen molar-refractivity contribution in [1.82, 2.24) is 20.4 Å². The molecule has 158 valence electrons. The maximum atomic E-state index is 12.0. The molecule has 1 amide bonds. The zero-order chi connectivity index (χ0) is 18.4. The summed E-state index contributed by atoms with van der Waals surface area (Å²) in [6.45, 7) is 5.16. The Kier molecular flexibility index (Phi) is 6.09. The number of guanidine groups is 1. The molecule has 2 aliphatic heterocycles. The van der Waals surface area contributed by atoms with Gasteiger partial charge in [0, 0.05) is 63.3 Å². The Hall–Kier alpha value is -0.610. The third-order valence-corrected chi connectivity index (χ3v) is 7.51. The lowest BCUT2D eigenvalue weighted by Gasteiger charge is -2.63. The molecule has 5 fully saturated rings. The lowest BCUT2D eigenvalue weighted by Crippen LogP contribution is -2.73.